The lowest BCUT2D eigenvalue weighted by atomic mass is 9.77. The van der Waals surface area contributed by atoms with Gasteiger partial charge >= 0.3 is 0 Å². The van der Waals surface area contributed by atoms with Crippen molar-refractivity contribution >= 4 is 32.6 Å². The minimum atomic E-state index is -0.398. The van der Waals surface area contributed by atoms with Crippen molar-refractivity contribution in [2.45, 2.75) is 44.9 Å². The Balaban J connectivity index is 2.13. The summed E-state index contributed by atoms with van der Waals surface area (Å²) in [6, 6.07) is 6.68. The van der Waals surface area contributed by atoms with Crippen molar-refractivity contribution in [3.63, 3.8) is 0 Å². The fourth-order valence-corrected chi connectivity index (χ4v) is 4.13. The number of benzene rings is 2. The van der Waals surface area contributed by atoms with Crippen LogP contribution in [-0.4, -0.2) is 25.3 Å². The Morgan fingerprint density at radius 2 is 2.00 bits per heavy atom. The molecular formula is C21H20FN5O. The van der Waals surface area contributed by atoms with Crippen LogP contribution < -0.4 is 0 Å². The molecule has 2 aromatic heterocycles. The summed E-state index contributed by atoms with van der Waals surface area (Å²) in [6.45, 7) is 4.19. The van der Waals surface area contributed by atoms with Crippen molar-refractivity contribution < 1.29 is 9.50 Å². The molecule has 28 heavy (non-hydrogen) atoms. The molecule has 0 aliphatic rings. The highest BCUT2D eigenvalue weighted by Crippen LogP contribution is 2.41. The third kappa shape index (κ3) is 2.56. The third-order valence-electron chi connectivity index (χ3n) is 5.88. The van der Waals surface area contributed by atoms with Gasteiger partial charge in [-0.2, -0.15) is 10.4 Å². The first-order chi connectivity index (χ1) is 13.5. The highest BCUT2D eigenvalue weighted by molar-refractivity contribution is 6.24. The first kappa shape index (κ1) is 18.1. The molecule has 2 heterocycles. The molecule has 0 amide bonds. The summed E-state index contributed by atoms with van der Waals surface area (Å²) in [5.74, 6) is 0.163. The fourth-order valence-electron chi connectivity index (χ4n) is 4.13. The average Bonchev–Trinajstić information content (AvgIpc) is 3.15. The van der Waals surface area contributed by atoms with Gasteiger partial charge in [-0.25, -0.2) is 9.37 Å². The maximum atomic E-state index is 14.0. The standard InChI is InChI=1S/C21H20FN5O/c1-3-21(4-2,8-5-9-23)20-25-17-13-7-6-12(22)10-14(13)16-15(18(17)26-20)11-24-27-19(16)28/h6-7,10-11H,3-5,8H2,1-2H3,(H,25,26)(H,27,28). The molecule has 0 fully saturated rings. The number of imidazole rings is 1. The topological polar surface area (TPSA) is 98.5 Å². The third-order valence-corrected chi connectivity index (χ3v) is 5.88. The van der Waals surface area contributed by atoms with Gasteiger partial charge in [0.25, 0.3) is 0 Å². The molecule has 2 N–H and O–H groups in total. The largest absolute Gasteiger partial charge is 0.492 e. The van der Waals surface area contributed by atoms with Crippen molar-refractivity contribution in [2.24, 2.45) is 0 Å². The molecule has 4 aromatic rings. The van der Waals surface area contributed by atoms with E-state index in [4.69, 9.17) is 10.2 Å². The molecule has 0 unspecified atom stereocenters. The number of nitrogens with zero attached hydrogens (tertiary/aromatic N) is 4. The lowest BCUT2D eigenvalue weighted by Crippen LogP contribution is -2.25. The van der Waals surface area contributed by atoms with Crippen LogP contribution in [0.15, 0.2) is 24.4 Å². The second-order valence-corrected chi connectivity index (χ2v) is 7.10. The molecule has 0 saturated heterocycles. The first-order valence-corrected chi connectivity index (χ1v) is 9.37. The van der Waals surface area contributed by atoms with Gasteiger partial charge in [-0.3, -0.25) is 0 Å². The zero-order valence-corrected chi connectivity index (χ0v) is 15.8. The number of hydrogen-bond acceptors (Lipinski definition) is 5. The number of aromatic hydroxyl groups is 1. The second-order valence-electron chi connectivity index (χ2n) is 7.10. The number of nitrogens with one attached hydrogen (secondary N) is 1. The van der Waals surface area contributed by atoms with Crippen LogP contribution >= 0.6 is 0 Å². The quantitative estimate of drug-likeness (QED) is 0.484. The molecule has 0 radical (unpaired) electrons. The van der Waals surface area contributed by atoms with Gasteiger partial charge in [-0.05, 0) is 37.5 Å². The number of aromatic amines is 1. The van der Waals surface area contributed by atoms with E-state index in [9.17, 15) is 9.50 Å². The molecule has 0 aliphatic heterocycles. The van der Waals surface area contributed by atoms with E-state index in [1.807, 2.05) is 0 Å². The van der Waals surface area contributed by atoms with Gasteiger partial charge < -0.3 is 10.1 Å². The summed E-state index contributed by atoms with van der Waals surface area (Å²) in [5.41, 5.74) is 1.18. The van der Waals surface area contributed by atoms with Crippen molar-refractivity contribution in [3.05, 3.63) is 36.0 Å². The monoisotopic (exact) mass is 377 g/mol. The number of rotatable bonds is 5. The van der Waals surface area contributed by atoms with Crippen molar-refractivity contribution in [1.82, 2.24) is 20.2 Å². The summed E-state index contributed by atoms with van der Waals surface area (Å²) in [4.78, 5) is 8.33. The van der Waals surface area contributed by atoms with E-state index in [1.54, 1.807) is 12.3 Å². The normalized spacial score (nSPS) is 12.1. The molecular weight excluding hydrogens is 357 g/mol. The van der Waals surface area contributed by atoms with Crippen LogP contribution in [0.2, 0.25) is 0 Å². The van der Waals surface area contributed by atoms with E-state index < -0.39 is 5.82 Å². The summed E-state index contributed by atoms with van der Waals surface area (Å²) >= 11 is 0. The molecule has 0 spiro atoms. The summed E-state index contributed by atoms with van der Waals surface area (Å²) in [5, 5.41) is 29.4. The van der Waals surface area contributed by atoms with E-state index in [0.717, 1.165) is 29.6 Å². The van der Waals surface area contributed by atoms with E-state index in [2.05, 4.69) is 35.1 Å². The van der Waals surface area contributed by atoms with E-state index in [0.29, 0.717) is 34.5 Å². The Hall–Kier alpha value is -3.27. The molecule has 0 bridgehead atoms. The molecule has 0 aliphatic carbocycles. The van der Waals surface area contributed by atoms with Gasteiger partial charge in [0.15, 0.2) is 0 Å². The number of H-pyrrole nitrogens is 1. The van der Waals surface area contributed by atoms with E-state index in [-0.39, 0.29) is 11.3 Å². The predicted octanol–water partition coefficient (Wildman–Crippen LogP) is 4.87. The number of hydrogen-bond donors (Lipinski definition) is 2. The molecule has 0 atom stereocenters. The van der Waals surface area contributed by atoms with Crippen LogP contribution in [-0.2, 0) is 5.41 Å². The number of fused-ring (bicyclic) bond motifs is 6. The number of aromatic nitrogens is 4. The highest BCUT2D eigenvalue weighted by Gasteiger charge is 2.32. The number of nitriles is 1. The van der Waals surface area contributed by atoms with Crippen LogP contribution in [0.5, 0.6) is 5.88 Å². The Labute approximate surface area is 161 Å². The molecule has 2 aromatic carbocycles. The van der Waals surface area contributed by atoms with Gasteiger partial charge in [0.2, 0.25) is 5.88 Å². The van der Waals surface area contributed by atoms with Crippen LogP contribution in [0.1, 0.15) is 45.4 Å². The molecule has 0 saturated carbocycles. The van der Waals surface area contributed by atoms with E-state index in [1.165, 1.54) is 12.1 Å². The van der Waals surface area contributed by atoms with Crippen molar-refractivity contribution in [2.75, 3.05) is 0 Å². The van der Waals surface area contributed by atoms with Crippen molar-refractivity contribution in [3.8, 4) is 11.9 Å². The minimum Gasteiger partial charge on any atom is -0.492 e. The Morgan fingerprint density at radius 1 is 1.21 bits per heavy atom. The van der Waals surface area contributed by atoms with Crippen LogP contribution in [0, 0.1) is 17.1 Å². The predicted molar refractivity (Wildman–Crippen MR) is 105 cm³/mol. The summed E-state index contributed by atoms with van der Waals surface area (Å²) in [6.07, 6.45) is 4.36. The van der Waals surface area contributed by atoms with E-state index >= 15 is 0 Å². The Kier molecular flexibility index (Phi) is 4.34. The molecule has 6 nitrogen and oxygen atoms in total. The maximum absolute atomic E-state index is 14.0. The first-order valence-electron chi connectivity index (χ1n) is 9.37. The number of halogens is 1. The maximum Gasteiger partial charge on any atom is 0.239 e. The van der Waals surface area contributed by atoms with Crippen LogP contribution in [0.4, 0.5) is 4.39 Å². The zero-order valence-electron chi connectivity index (χ0n) is 15.8. The minimum absolute atomic E-state index is 0.243. The van der Waals surface area contributed by atoms with Gasteiger partial charge in [-0.1, -0.05) is 13.8 Å². The average molecular weight is 377 g/mol. The highest BCUT2D eigenvalue weighted by atomic mass is 19.1. The van der Waals surface area contributed by atoms with Gasteiger partial charge in [-0.15, -0.1) is 5.10 Å². The summed E-state index contributed by atoms with van der Waals surface area (Å²) < 4.78 is 14.0. The Morgan fingerprint density at radius 3 is 2.71 bits per heavy atom. The fraction of sp³-hybridized carbons (Fsp3) is 0.333. The zero-order chi connectivity index (χ0) is 19.9. The second kappa shape index (κ2) is 6.71. The van der Waals surface area contributed by atoms with Gasteiger partial charge in [0.05, 0.1) is 28.7 Å². The lowest BCUT2D eigenvalue weighted by molar-refractivity contribution is 0.352. The molecule has 4 rings (SSSR count). The lowest BCUT2D eigenvalue weighted by Gasteiger charge is -2.28. The smallest absolute Gasteiger partial charge is 0.239 e. The van der Waals surface area contributed by atoms with Crippen LogP contribution in [0.25, 0.3) is 32.6 Å². The van der Waals surface area contributed by atoms with Gasteiger partial charge in [0, 0.05) is 28.0 Å². The van der Waals surface area contributed by atoms with Crippen molar-refractivity contribution in [1.29, 1.82) is 5.26 Å². The van der Waals surface area contributed by atoms with Crippen LogP contribution in [0.3, 0.4) is 0 Å². The van der Waals surface area contributed by atoms with Gasteiger partial charge in [0.1, 0.15) is 11.6 Å². The Bertz CT molecular complexity index is 1240. The molecule has 7 heteroatoms. The SMILES string of the molecule is CCC(CC)(CCC#N)c1nc2c3ccc(F)cc3c3c(O)nncc3c2[nH]1. The molecule has 142 valence electrons. The summed E-state index contributed by atoms with van der Waals surface area (Å²) in [7, 11) is 0.